The van der Waals surface area contributed by atoms with Gasteiger partial charge in [-0.05, 0) is 77.9 Å². The van der Waals surface area contributed by atoms with E-state index in [1.54, 1.807) is 78.9 Å². The van der Waals surface area contributed by atoms with E-state index in [4.69, 9.17) is 52.8 Å². The number of nitrogens with two attached hydrogens (primary N) is 2. The number of nitrogens with one attached hydrogen (secondary N) is 2. The Morgan fingerprint density at radius 2 is 1.33 bits per heavy atom. The number of rotatable bonds is 10. The van der Waals surface area contributed by atoms with E-state index in [1.807, 2.05) is 0 Å². The molecule has 2 heterocycles. The molecule has 0 spiro atoms. The van der Waals surface area contributed by atoms with Crippen LogP contribution in [0.25, 0.3) is 66.8 Å². The molecule has 2 aliphatic heterocycles. The van der Waals surface area contributed by atoms with E-state index in [-0.39, 0.29) is 79.6 Å². The predicted octanol–water partition coefficient (Wildman–Crippen LogP) is 7.01. The number of benzene rings is 7. The predicted molar refractivity (Wildman–Crippen MR) is 252 cm³/mol. The van der Waals surface area contributed by atoms with Crippen LogP contribution >= 0.6 is 23.2 Å². The number of hydrogen-bond acceptors (Lipinski definition) is 11. The molecule has 69 heavy (non-hydrogen) atoms. The zero-order valence-corrected chi connectivity index (χ0v) is 36.9. The van der Waals surface area contributed by atoms with Gasteiger partial charge in [-0.2, -0.15) is 9.59 Å². The van der Waals surface area contributed by atoms with Gasteiger partial charge in [0.25, 0.3) is 11.8 Å². The second kappa shape index (κ2) is 19.0. The number of nitrogen functional groups attached to an aromatic ring is 1. The van der Waals surface area contributed by atoms with Gasteiger partial charge in [-0.3, -0.25) is 19.8 Å². The lowest BCUT2D eigenvalue weighted by molar-refractivity contribution is -0.191. The second-order valence-corrected chi connectivity index (χ2v) is 16.1. The summed E-state index contributed by atoms with van der Waals surface area (Å²) in [5.74, 6) is -3.56. The lowest BCUT2D eigenvalue weighted by Gasteiger charge is -2.20. The molecule has 0 unspecified atom stereocenters. The van der Waals surface area contributed by atoms with Crippen LogP contribution < -0.4 is 32.6 Å². The Labute approximate surface area is 398 Å². The molecule has 18 heteroatoms. The van der Waals surface area contributed by atoms with Crippen molar-refractivity contribution in [2.75, 3.05) is 5.73 Å². The van der Waals surface area contributed by atoms with Gasteiger partial charge >= 0.3 is 18.1 Å². The zero-order valence-electron chi connectivity index (χ0n) is 35.4. The first-order valence-corrected chi connectivity index (χ1v) is 21.1. The normalized spacial score (nSPS) is 10.9. The van der Waals surface area contributed by atoms with E-state index in [2.05, 4.69) is 10.6 Å². The monoisotopic (exact) mass is 963 g/mol. The van der Waals surface area contributed by atoms with E-state index in [1.165, 1.54) is 42.5 Å². The lowest BCUT2D eigenvalue weighted by atomic mass is 9.89. The van der Waals surface area contributed by atoms with E-state index in [9.17, 15) is 39.3 Å². The second-order valence-electron chi connectivity index (χ2n) is 15.3. The van der Waals surface area contributed by atoms with Crippen molar-refractivity contribution < 1.29 is 58.3 Å². The summed E-state index contributed by atoms with van der Waals surface area (Å²) in [6.07, 6.45) is 0.250. The largest absolute Gasteiger partial charge is 0.507 e. The maximum atomic E-state index is 13.6. The number of carbonyl (C=O) groups excluding carboxylic acids is 4. The van der Waals surface area contributed by atoms with Crippen LogP contribution in [0.2, 0.25) is 10.0 Å². The summed E-state index contributed by atoms with van der Waals surface area (Å²) in [6, 6.07) is 30.9. The number of carbonyl (C=O) groups is 4. The molecular weight excluding hydrogens is 931 g/mol. The Balaban J connectivity index is 0.00000209. The lowest BCUT2D eigenvalue weighted by Crippen LogP contribution is -2.44. The summed E-state index contributed by atoms with van der Waals surface area (Å²) < 4.78 is 12.3. The molecule has 2 amide bonds. The van der Waals surface area contributed by atoms with E-state index >= 15 is 0 Å². The summed E-state index contributed by atoms with van der Waals surface area (Å²) in [7, 11) is 0. The van der Waals surface area contributed by atoms with Crippen molar-refractivity contribution in [3.05, 3.63) is 180 Å². The average Bonchev–Trinajstić information content (AvgIpc) is 3.32. The fourth-order valence-electron chi connectivity index (χ4n) is 8.08. The summed E-state index contributed by atoms with van der Waals surface area (Å²) >= 11 is 13.6. The smallest absolute Gasteiger partial charge is 0.373 e. The summed E-state index contributed by atoms with van der Waals surface area (Å²) in [4.78, 5) is 81.0. The molecule has 4 aliphatic rings. The molecule has 342 valence electrons. The highest BCUT2D eigenvalue weighted by molar-refractivity contribution is 6.41. The van der Waals surface area contributed by atoms with Crippen LogP contribution in [0.4, 0.5) is 5.69 Å². The molecule has 5 aromatic carbocycles. The molecule has 16 nitrogen and oxygen atoms in total. The minimum atomic E-state index is -1.43. The van der Waals surface area contributed by atoms with E-state index in [0.717, 1.165) is 0 Å². The first-order valence-electron chi connectivity index (χ1n) is 20.4. The number of carboxylic acid groups (broad SMARTS) is 2. The first-order chi connectivity index (χ1) is 33.1. The van der Waals surface area contributed by atoms with Crippen LogP contribution in [0.15, 0.2) is 135 Å². The minimum Gasteiger partial charge on any atom is -0.507 e. The van der Waals surface area contributed by atoms with Crippen molar-refractivity contribution in [1.82, 2.24) is 10.6 Å². The highest BCUT2D eigenvalue weighted by Gasteiger charge is 2.30. The molecule has 0 atom stereocenters. The first kappa shape index (κ1) is 46.4. The van der Waals surface area contributed by atoms with Crippen LogP contribution in [0.1, 0.15) is 52.6 Å². The molecule has 0 aromatic heterocycles. The third-order valence-electron chi connectivity index (χ3n) is 11.2. The Morgan fingerprint density at radius 3 is 2.06 bits per heavy atom. The summed E-state index contributed by atoms with van der Waals surface area (Å²) in [6.45, 7) is -0.267. The molecule has 0 saturated heterocycles. The number of fused-ring (bicyclic) bond motifs is 4. The fourth-order valence-corrected chi connectivity index (χ4v) is 8.69. The number of aromatic carboxylic acids is 2. The van der Waals surface area contributed by atoms with Gasteiger partial charge in [0.1, 0.15) is 28.4 Å². The fraction of sp³-hybridized carbons (Fsp3) is 0.0392. The number of amides is 2. The molecule has 0 fully saturated rings. The number of aromatic hydroxyl groups is 1. The van der Waals surface area contributed by atoms with Crippen molar-refractivity contribution in [2.45, 2.75) is 13.1 Å². The van der Waals surface area contributed by atoms with Crippen LogP contribution in [-0.4, -0.2) is 45.2 Å². The van der Waals surface area contributed by atoms with Gasteiger partial charge < -0.3 is 40.5 Å². The van der Waals surface area contributed by atoms with Crippen LogP contribution in [-0.2, 0) is 22.7 Å². The highest BCUT2D eigenvalue weighted by Crippen LogP contribution is 2.47. The summed E-state index contributed by atoms with van der Waals surface area (Å²) in [5, 5.41) is 44.0. The van der Waals surface area contributed by atoms with Gasteiger partial charge in [-0.25, -0.2) is 9.59 Å². The Hall–Kier alpha value is -9.08. The molecule has 2 aliphatic carbocycles. The maximum absolute atomic E-state index is 13.6. The average molecular weight is 965 g/mol. The number of phenols is 1. The van der Waals surface area contributed by atoms with Crippen molar-refractivity contribution in [3.8, 4) is 50.7 Å². The number of halogens is 2. The Kier molecular flexibility index (Phi) is 12.8. The van der Waals surface area contributed by atoms with Gasteiger partial charge in [-0.15, -0.1) is 0 Å². The molecular formula is C51H33Cl2N4O12+. The SMILES string of the molecule is Nc1ccc2c(-c3c(Cl)cc(C(=O)NCc4ccc(C(=O)NCc5c(O)ccc6c(-c7ccccc7C(=O)O)c7ccc(=O)cc-7oc56)cc4)c(Cl)c3C(=O)O)c3ccc(=[NH2+])cc-3oc2c1.O=C=O. The number of phenolic OH excluding ortho intramolecular Hbond substituents is 1. The zero-order chi connectivity index (χ0) is 49.3. The number of carboxylic acids is 2. The van der Waals surface area contributed by atoms with Crippen molar-refractivity contribution >= 4 is 80.7 Å². The van der Waals surface area contributed by atoms with Gasteiger partial charge in [0.2, 0.25) is 0 Å². The Bertz CT molecular complexity index is 3690. The third-order valence-corrected chi connectivity index (χ3v) is 11.8. The van der Waals surface area contributed by atoms with Gasteiger partial charge in [-0.1, -0.05) is 53.5 Å². The van der Waals surface area contributed by atoms with Gasteiger partial charge in [0, 0.05) is 74.6 Å². The molecule has 0 saturated carbocycles. The van der Waals surface area contributed by atoms with Crippen molar-refractivity contribution in [1.29, 1.82) is 0 Å². The van der Waals surface area contributed by atoms with Gasteiger partial charge in [0.05, 0.1) is 44.9 Å². The molecule has 9 rings (SSSR count). The molecule has 9 N–H and O–H groups in total. The Morgan fingerprint density at radius 1 is 0.667 bits per heavy atom. The van der Waals surface area contributed by atoms with Crippen molar-refractivity contribution in [3.63, 3.8) is 0 Å². The summed E-state index contributed by atoms with van der Waals surface area (Å²) in [5.41, 5.74) is 9.20. The third kappa shape index (κ3) is 8.97. The number of hydrogen-bond donors (Lipinski definition) is 7. The minimum absolute atomic E-state index is 0.0140. The molecule has 0 radical (unpaired) electrons. The number of anilines is 1. The quantitative estimate of drug-likeness (QED) is 0.0537. The van der Waals surface area contributed by atoms with E-state index < -0.39 is 29.3 Å². The standard InChI is InChI=1S/C50H32Cl2N4O10.CO2/c51-36-20-34(45(52)44(50(63)64)43(36)42-31-12-9-25(53)17-38(31)65-39-18-26(54)10-13-32(39)42)48(60)55-21-23-5-7-24(8-6-23)47(59)56-22-35-37(58)16-15-33-41(28-3-1-2-4-29(28)49(61)62)30-14-11-27(57)19-40(30)66-46(33)35;2-1-3/h1-20,53,58H,21-22,54H2,(H,55,60)(H,56,59)(H,61,62)(H,63,64);/p+1. The van der Waals surface area contributed by atoms with Crippen LogP contribution in [0.3, 0.4) is 0 Å². The topological polar surface area (TPSA) is 282 Å². The highest BCUT2D eigenvalue weighted by atomic mass is 35.5. The maximum Gasteiger partial charge on any atom is 0.373 e. The molecule has 0 bridgehead atoms. The van der Waals surface area contributed by atoms with E-state index in [0.29, 0.717) is 66.5 Å². The van der Waals surface area contributed by atoms with Crippen LogP contribution in [0, 0.1) is 0 Å². The van der Waals surface area contributed by atoms with Gasteiger partial charge in [0.15, 0.2) is 10.8 Å². The molecule has 5 aromatic rings. The van der Waals surface area contributed by atoms with Crippen LogP contribution in [0.5, 0.6) is 5.75 Å². The van der Waals surface area contributed by atoms with Crippen molar-refractivity contribution in [2.24, 2.45) is 0 Å².